The van der Waals surface area contributed by atoms with Crippen molar-refractivity contribution in [2.24, 2.45) is 0 Å². The number of nitrogens with zero attached hydrogens (tertiary/aromatic N) is 2. The number of nitrogens with one attached hydrogen (secondary N) is 1. The average Bonchev–Trinajstić information content (AvgIpc) is 3.20. The third kappa shape index (κ3) is 2.99. The van der Waals surface area contributed by atoms with E-state index in [4.69, 9.17) is 0 Å². The molecule has 0 saturated heterocycles. The second kappa shape index (κ2) is 6.72. The quantitative estimate of drug-likeness (QED) is 0.767. The van der Waals surface area contributed by atoms with E-state index in [2.05, 4.69) is 10.3 Å². The number of anilines is 1. The van der Waals surface area contributed by atoms with Crippen molar-refractivity contribution in [1.29, 1.82) is 0 Å². The summed E-state index contributed by atoms with van der Waals surface area (Å²) in [5, 5.41) is 5.28. The second-order valence-electron chi connectivity index (χ2n) is 6.19. The molecule has 2 aromatic carbocycles. The number of aryl methyl sites for hydroxylation is 1. The molecule has 2 heterocycles. The molecule has 0 spiro atoms. The van der Waals surface area contributed by atoms with Gasteiger partial charge in [-0.2, -0.15) is 0 Å². The first kappa shape index (κ1) is 16.5. The van der Waals surface area contributed by atoms with E-state index in [0.29, 0.717) is 17.2 Å². The van der Waals surface area contributed by atoms with E-state index in [1.807, 2.05) is 66.9 Å². The monoisotopic (exact) mass is 363 g/mol. The number of hydrogen-bond acceptors (Lipinski definition) is 4. The molecule has 4 rings (SSSR count). The van der Waals surface area contributed by atoms with Crippen LogP contribution in [0, 0.1) is 6.92 Å². The van der Waals surface area contributed by atoms with Crippen molar-refractivity contribution >= 4 is 28.3 Å². The third-order valence-corrected chi connectivity index (χ3v) is 5.25. The largest absolute Gasteiger partial charge is 0.318 e. The predicted molar refractivity (Wildman–Crippen MR) is 101 cm³/mol. The van der Waals surface area contributed by atoms with Crippen LogP contribution in [0.3, 0.4) is 0 Å². The summed E-state index contributed by atoms with van der Waals surface area (Å²) in [6.45, 7) is 2.29. The Morgan fingerprint density at radius 3 is 2.58 bits per heavy atom. The summed E-state index contributed by atoms with van der Waals surface area (Å²) < 4.78 is 0. The highest BCUT2D eigenvalue weighted by atomic mass is 32.1. The molecule has 0 saturated carbocycles. The average molecular weight is 363 g/mol. The van der Waals surface area contributed by atoms with Crippen LogP contribution < -0.4 is 5.32 Å². The van der Waals surface area contributed by atoms with Crippen molar-refractivity contribution in [3.8, 4) is 0 Å². The summed E-state index contributed by atoms with van der Waals surface area (Å²) in [5.41, 5.74) is 3.23. The van der Waals surface area contributed by atoms with Gasteiger partial charge in [0.1, 0.15) is 6.04 Å². The molecule has 5 nitrogen and oxygen atoms in total. The number of carbonyl (C=O) groups excluding carboxylic acids is 2. The molecular formula is C20H17N3O2S. The van der Waals surface area contributed by atoms with Crippen molar-refractivity contribution in [3.63, 3.8) is 0 Å². The van der Waals surface area contributed by atoms with Gasteiger partial charge in [-0.1, -0.05) is 48.5 Å². The Morgan fingerprint density at radius 1 is 1.15 bits per heavy atom. The van der Waals surface area contributed by atoms with Crippen LogP contribution in [0.15, 0.2) is 60.0 Å². The maximum atomic E-state index is 13.1. The van der Waals surface area contributed by atoms with Crippen LogP contribution in [0.4, 0.5) is 5.13 Å². The van der Waals surface area contributed by atoms with Crippen molar-refractivity contribution in [3.05, 3.63) is 82.4 Å². The van der Waals surface area contributed by atoms with Crippen LogP contribution in [0.25, 0.3) is 0 Å². The number of aromatic nitrogens is 1. The van der Waals surface area contributed by atoms with E-state index in [9.17, 15) is 9.59 Å². The minimum absolute atomic E-state index is 0.125. The highest BCUT2D eigenvalue weighted by Gasteiger charge is 2.37. The molecule has 130 valence electrons. The minimum Gasteiger partial charge on any atom is -0.318 e. The molecular weight excluding hydrogens is 346 g/mol. The fourth-order valence-electron chi connectivity index (χ4n) is 3.18. The van der Waals surface area contributed by atoms with Crippen LogP contribution in [-0.2, 0) is 11.3 Å². The maximum Gasteiger partial charge on any atom is 0.255 e. The molecule has 1 aromatic heterocycles. The number of rotatable bonds is 4. The van der Waals surface area contributed by atoms with Crippen molar-refractivity contribution in [2.45, 2.75) is 19.5 Å². The SMILES string of the molecule is Cc1csc(NC(=O)[C@H](c2ccccc2)N2Cc3ccccc3C2=O)n1. The molecule has 0 fully saturated rings. The zero-order valence-corrected chi connectivity index (χ0v) is 15.0. The molecule has 1 N–H and O–H groups in total. The van der Waals surface area contributed by atoms with Crippen LogP contribution in [0.1, 0.15) is 33.2 Å². The van der Waals surface area contributed by atoms with Crippen molar-refractivity contribution in [2.75, 3.05) is 5.32 Å². The van der Waals surface area contributed by atoms with E-state index in [1.165, 1.54) is 11.3 Å². The summed E-state index contributed by atoms with van der Waals surface area (Å²) >= 11 is 1.37. The Morgan fingerprint density at radius 2 is 1.88 bits per heavy atom. The molecule has 1 aliphatic rings. The number of fused-ring (bicyclic) bond motifs is 1. The van der Waals surface area contributed by atoms with Crippen LogP contribution >= 0.6 is 11.3 Å². The third-order valence-electron chi connectivity index (χ3n) is 4.37. The highest BCUT2D eigenvalue weighted by molar-refractivity contribution is 7.13. The Balaban J connectivity index is 1.68. The van der Waals surface area contributed by atoms with Crippen molar-refractivity contribution in [1.82, 2.24) is 9.88 Å². The summed E-state index contributed by atoms with van der Waals surface area (Å²) in [6.07, 6.45) is 0. The second-order valence-corrected chi connectivity index (χ2v) is 7.04. The maximum absolute atomic E-state index is 13.1. The Kier molecular flexibility index (Phi) is 4.26. The molecule has 2 amide bonds. The lowest BCUT2D eigenvalue weighted by molar-refractivity contribution is -0.120. The molecule has 0 unspecified atom stereocenters. The van der Waals surface area contributed by atoms with Gasteiger partial charge in [-0.3, -0.25) is 14.9 Å². The van der Waals surface area contributed by atoms with Crippen LogP contribution in [0.2, 0.25) is 0 Å². The lowest BCUT2D eigenvalue weighted by atomic mass is 10.0. The topological polar surface area (TPSA) is 62.3 Å². The molecule has 0 aliphatic carbocycles. The molecule has 1 aliphatic heterocycles. The highest BCUT2D eigenvalue weighted by Crippen LogP contribution is 2.32. The fourth-order valence-corrected chi connectivity index (χ4v) is 3.87. The Hall–Kier alpha value is -2.99. The molecule has 1 atom stereocenters. The number of carbonyl (C=O) groups is 2. The van der Waals surface area contributed by atoms with Gasteiger partial charge in [-0.05, 0) is 24.1 Å². The predicted octanol–water partition coefficient (Wildman–Crippen LogP) is 3.79. The van der Waals surface area contributed by atoms with E-state index < -0.39 is 6.04 Å². The Bertz CT molecular complexity index is 968. The summed E-state index contributed by atoms with van der Waals surface area (Å²) in [6, 6.07) is 16.2. The molecule has 0 radical (unpaired) electrons. The minimum atomic E-state index is -0.708. The normalized spacial score (nSPS) is 14.2. The zero-order chi connectivity index (χ0) is 18.1. The molecule has 3 aromatic rings. The number of thiazole rings is 1. The molecule has 0 bridgehead atoms. The van der Waals surface area contributed by atoms with Gasteiger partial charge in [-0.25, -0.2) is 4.98 Å². The molecule has 26 heavy (non-hydrogen) atoms. The number of hydrogen-bond donors (Lipinski definition) is 1. The molecule has 6 heteroatoms. The van der Waals surface area contributed by atoms with Gasteiger partial charge in [-0.15, -0.1) is 11.3 Å². The van der Waals surface area contributed by atoms with Gasteiger partial charge >= 0.3 is 0 Å². The van der Waals surface area contributed by atoms with E-state index in [1.54, 1.807) is 4.90 Å². The smallest absolute Gasteiger partial charge is 0.255 e. The zero-order valence-electron chi connectivity index (χ0n) is 14.2. The van der Waals surface area contributed by atoms with E-state index in [0.717, 1.165) is 16.8 Å². The Labute approximate surface area is 155 Å². The van der Waals surface area contributed by atoms with Gasteiger partial charge in [0.25, 0.3) is 11.8 Å². The van der Waals surface area contributed by atoms with E-state index >= 15 is 0 Å². The van der Waals surface area contributed by atoms with Gasteiger partial charge in [0.05, 0.1) is 5.69 Å². The first-order chi connectivity index (χ1) is 12.6. The summed E-state index contributed by atoms with van der Waals surface area (Å²) in [4.78, 5) is 31.9. The standard InChI is InChI=1S/C20H17N3O2S/c1-13-12-26-20(21-13)22-18(24)17(14-7-3-2-4-8-14)23-11-15-9-5-6-10-16(15)19(23)25/h2-10,12,17H,11H2,1H3,(H,21,22,24)/t17-/m0/s1. The summed E-state index contributed by atoms with van der Waals surface area (Å²) in [7, 11) is 0. The lowest BCUT2D eigenvalue weighted by Crippen LogP contribution is -2.37. The summed E-state index contributed by atoms with van der Waals surface area (Å²) in [5.74, 6) is -0.383. The first-order valence-electron chi connectivity index (χ1n) is 8.30. The van der Waals surface area contributed by atoms with Crippen LogP contribution in [-0.4, -0.2) is 21.7 Å². The van der Waals surface area contributed by atoms with Gasteiger partial charge in [0.2, 0.25) is 0 Å². The van der Waals surface area contributed by atoms with Crippen LogP contribution in [0.5, 0.6) is 0 Å². The lowest BCUT2D eigenvalue weighted by Gasteiger charge is -2.27. The fraction of sp³-hybridized carbons (Fsp3) is 0.150. The number of amides is 2. The van der Waals surface area contributed by atoms with Crippen molar-refractivity contribution < 1.29 is 9.59 Å². The van der Waals surface area contributed by atoms with Gasteiger partial charge in [0.15, 0.2) is 5.13 Å². The van der Waals surface area contributed by atoms with Gasteiger partial charge in [0, 0.05) is 17.5 Å². The van der Waals surface area contributed by atoms with E-state index in [-0.39, 0.29) is 11.8 Å². The number of benzene rings is 2. The first-order valence-corrected chi connectivity index (χ1v) is 9.18. The van der Waals surface area contributed by atoms with Gasteiger partial charge < -0.3 is 4.90 Å².